The van der Waals surface area contributed by atoms with Gasteiger partial charge in [-0.1, -0.05) is 42.5 Å². The number of likely N-dealkylation sites (tertiary alicyclic amines) is 1. The molecule has 7 heteroatoms. The second-order valence-electron chi connectivity index (χ2n) is 9.52. The lowest BCUT2D eigenvalue weighted by Crippen LogP contribution is -2.37. The predicted octanol–water partition coefficient (Wildman–Crippen LogP) is 4.55. The zero-order valence-corrected chi connectivity index (χ0v) is 19.9. The van der Waals surface area contributed by atoms with E-state index in [4.69, 9.17) is 14.7 Å². The van der Waals surface area contributed by atoms with E-state index < -0.39 is 0 Å². The Morgan fingerprint density at radius 2 is 1.74 bits per heavy atom. The van der Waals surface area contributed by atoms with Crippen LogP contribution in [0.1, 0.15) is 29.9 Å². The molecule has 0 unspecified atom stereocenters. The van der Waals surface area contributed by atoms with Crippen molar-refractivity contribution in [1.29, 1.82) is 0 Å². The van der Waals surface area contributed by atoms with Gasteiger partial charge in [-0.05, 0) is 55.1 Å². The van der Waals surface area contributed by atoms with Gasteiger partial charge >= 0.3 is 0 Å². The van der Waals surface area contributed by atoms with Crippen molar-refractivity contribution in [3.8, 4) is 17.1 Å². The van der Waals surface area contributed by atoms with Crippen LogP contribution < -0.4 is 4.90 Å². The van der Waals surface area contributed by atoms with Gasteiger partial charge in [0, 0.05) is 31.4 Å². The number of H-pyrrole nitrogens is 1. The fraction of sp³-hybridized carbons (Fsp3) is 0.357. The molecule has 0 bridgehead atoms. The second-order valence-corrected chi connectivity index (χ2v) is 9.52. The molecule has 7 nitrogen and oxygen atoms in total. The van der Waals surface area contributed by atoms with Gasteiger partial charge in [-0.3, -0.25) is 4.90 Å². The number of piperidine rings is 1. The molecule has 4 aromatic rings. The van der Waals surface area contributed by atoms with Gasteiger partial charge in [0.1, 0.15) is 11.3 Å². The summed E-state index contributed by atoms with van der Waals surface area (Å²) in [5, 5.41) is 10.1. The van der Waals surface area contributed by atoms with Gasteiger partial charge in [-0.25, -0.2) is 9.97 Å². The summed E-state index contributed by atoms with van der Waals surface area (Å²) in [6.07, 6.45) is 4.36. The molecule has 35 heavy (non-hydrogen) atoms. The van der Waals surface area contributed by atoms with Crippen molar-refractivity contribution < 1.29 is 9.84 Å². The topological polar surface area (TPSA) is 77.5 Å². The van der Waals surface area contributed by atoms with Crippen LogP contribution in [-0.4, -0.2) is 64.4 Å². The van der Waals surface area contributed by atoms with E-state index in [2.05, 4.69) is 51.3 Å². The first-order valence-electron chi connectivity index (χ1n) is 12.5. The number of nitrogens with zero attached hydrogens (tertiary/aromatic N) is 4. The quantitative estimate of drug-likeness (QED) is 0.447. The zero-order valence-electron chi connectivity index (χ0n) is 19.9. The molecule has 2 aromatic heterocycles. The lowest BCUT2D eigenvalue weighted by molar-refractivity contribution is 0.122. The molecule has 180 valence electrons. The fourth-order valence-corrected chi connectivity index (χ4v) is 5.34. The number of fused-ring (bicyclic) bond motifs is 1. The minimum Gasteiger partial charge on any atom is -0.508 e. The highest BCUT2D eigenvalue weighted by Gasteiger charge is 2.26. The molecule has 0 amide bonds. The molecule has 0 saturated carbocycles. The summed E-state index contributed by atoms with van der Waals surface area (Å²) < 4.78 is 5.58. The molecule has 2 aliphatic heterocycles. The number of nitrogens with one attached hydrogen (secondary N) is 1. The molecule has 2 aromatic carbocycles. The molecule has 0 aliphatic carbocycles. The molecule has 2 fully saturated rings. The number of aromatic amines is 1. The van der Waals surface area contributed by atoms with E-state index in [1.165, 1.54) is 11.1 Å². The number of morpholine rings is 1. The number of ether oxygens (including phenoxy) is 1. The molecular weight excluding hydrogens is 438 g/mol. The summed E-state index contributed by atoms with van der Waals surface area (Å²) in [5.41, 5.74) is 5.47. The average Bonchev–Trinajstić information content (AvgIpc) is 3.34. The third-order valence-corrected chi connectivity index (χ3v) is 7.23. The minimum atomic E-state index is 0.221. The number of rotatable bonds is 5. The van der Waals surface area contributed by atoms with Crippen LogP contribution in [0.15, 0.2) is 60.8 Å². The maximum absolute atomic E-state index is 10.1. The maximum Gasteiger partial charge on any atom is 0.162 e. The summed E-state index contributed by atoms with van der Waals surface area (Å²) in [4.78, 5) is 18.4. The fourth-order valence-electron chi connectivity index (χ4n) is 5.34. The number of benzene rings is 2. The van der Waals surface area contributed by atoms with E-state index in [0.717, 1.165) is 68.0 Å². The normalized spacial score (nSPS) is 17.8. The van der Waals surface area contributed by atoms with Crippen molar-refractivity contribution in [1.82, 2.24) is 19.9 Å². The molecule has 0 atom stereocenters. The Labute approximate surface area is 205 Å². The minimum absolute atomic E-state index is 0.221. The monoisotopic (exact) mass is 469 g/mol. The zero-order chi connectivity index (χ0) is 23.6. The van der Waals surface area contributed by atoms with Crippen LogP contribution in [0.3, 0.4) is 0 Å². The smallest absolute Gasteiger partial charge is 0.162 e. The largest absolute Gasteiger partial charge is 0.508 e. The molecule has 2 N–H and O–H groups in total. The van der Waals surface area contributed by atoms with E-state index in [1.807, 2.05) is 12.1 Å². The Kier molecular flexibility index (Phi) is 6.10. The van der Waals surface area contributed by atoms with Gasteiger partial charge in [0.15, 0.2) is 11.6 Å². The van der Waals surface area contributed by atoms with Crippen molar-refractivity contribution in [2.75, 3.05) is 44.3 Å². The SMILES string of the molecule is Oc1cccc(-c2nc(N3CCOCC3)c3[nH]cc(C4CCN(Cc5ccccc5)CC4)c3n2)c1. The number of anilines is 1. The Morgan fingerprint density at radius 3 is 2.51 bits per heavy atom. The predicted molar refractivity (Wildman–Crippen MR) is 138 cm³/mol. The number of aromatic nitrogens is 3. The molecule has 0 spiro atoms. The van der Waals surface area contributed by atoms with Gasteiger partial charge in [0.05, 0.1) is 18.7 Å². The van der Waals surface area contributed by atoms with E-state index in [1.54, 1.807) is 12.1 Å². The Morgan fingerprint density at radius 1 is 0.943 bits per heavy atom. The van der Waals surface area contributed by atoms with Crippen molar-refractivity contribution in [2.24, 2.45) is 0 Å². The highest BCUT2D eigenvalue weighted by molar-refractivity contribution is 5.91. The van der Waals surface area contributed by atoms with E-state index >= 15 is 0 Å². The molecule has 6 rings (SSSR count). The highest BCUT2D eigenvalue weighted by atomic mass is 16.5. The lowest BCUT2D eigenvalue weighted by atomic mass is 9.90. The van der Waals surface area contributed by atoms with E-state index in [-0.39, 0.29) is 5.75 Å². The molecule has 2 saturated heterocycles. The Bertz CT molecular complexity index is 1290. The van der Waals surface area contributed by atoms with Crippen LogP contribution in [-0.2, 0) is 11.3 Å². The highest BCUT2D eigenvalue weighted by Crippen LogP contribution is 2.37. The summed E-state index contributed by atoms with van der Waals surface area (Å²) in [7, 11) is 0. The van der Waals surface area contributed by atoms with Crippen molar-refractivity contribution in [3.05, 3.63) is 71.9 Å². The first-order chi connectivity index (χ1) is 17.2. The third kappa shape index (κ3) is 4.61. The van der Waals surface area contributed by atoms with Gasteiger partial charge in [-0.15, -0.1) is 0 Å². The van der Waals surface area contributed by atoms with Crippen LogP contribution in [0.5, 0.6) is 5.75 Å². The standard InChI is InChI=1S/C28H31N5O2/c34-23-8-4-7-22(17-23)27-30-25-24(18-29-26(25)28(31-27)33-13-15-35-16-14-33)21-9-11-32(12-10-21)19-20-5-2-1-3-6-20/h1-8,17-18,21,29,34H,9-16,19H2. The van der Waals surface area contributed by atoms with Crippen LogP contribution in [0, 0.1) is 0 Å². The van der Waals surface area contributed by atoms with Gasteiger partial charge in [-0.2, -0.15) is 0 Å². The van der Waals surface area contributed by atoms with Crippen LogP contribution in [0.2, 0.25) is 0 Å². The van der Waals surface area contributed by atoms with Crippen LogP contribution in [0.25, 0.3) is 22.4 Å². The Hall–Kier alpha value is -3.42. The number of aromatic hydroxyl groups is 1. The van der Waals surface area contributed by atoms with Gasteiger partial charge in [0.2, 0.25) is 0 Å². The van der Waals surface area contributed by atoms with Gasteiger partial charge < -0.3 is 19.7 Å². The number of hydrogen-bond acceptors (Lipinski definition) is 6. The van der Waals surface area contributed by atoms with Crippen molar-refractivity contribution in [3.63, 3.8) is 0 Å². The average molecular weight is 470 g/mol. The summed E-state index contributed by atoms with van der Waals surface area (Å²) in [5.74, 6) is 2.25. The van der Waals surface area contributed by atoms with Gasteiger partial charge in [0.25, 0.3) is 0 Å². The lowest BCUT2D eigenvalue weighted by Gasteiger charge is -2.32. The number of phenols is 1. The Balaban J connectivity index is 1.31. The number of hydrogen-bond donors (Lipinski definition) is 2. The first kappa shape index (κ1) is 22.1. The van der Waals surface area contributed by atoms with Crippen LogP contribution in [0.4, 0.5) is 5.82 Å². The van der Waals surface area contributed by atoms with Crippen LogP contribution >= 0.6 is 0 Å². The summed E-state index contributed by atoms with van der Waals surface area (Å²) >= 11 is 0. The van der Waals surface area contributed by atoms with Crippen molar-refractivity contribution >= 4 is 16.9 Å². The molecule has 0 radical (unpaired) electrons. The second kappa shape index (κ2) is 9.68. The van der Waals surface area contributed by atoms with E-state index in [0.29, 0.717) is 25.0 Å². The summed E-state index contributed by atoms with van der Waals surface area (Å²) in [6, 6.07) is 17.9. The first-order valence-corrected chi connectivity index (χ1v) is 12.5. The molecule has 2 aliphatic rings. The van der Waals surface area contributed by atoms with E-state index in [9.17, 15) is 5.11 Å². The van der Waals surface area contributed by atoms with Crippen molar-refractivity contribution in [2.45, 2.75) is 25.3 Å². The third-order valence-electron chi connectivity index (χ3n) is 7.23. The summed E-state index contributed by atoms with van der Waals surface area (Å²) in [6.45, 7) is 6.16. The number of phenolic OH excluding ortho intramolecular Hbond substituents is 1. The molecular formula is C28H31N5O2. The molecule has 4 heterocycles. The maximum atomic E-state index is 10.1.